The van der Waals surface area contributed by atoms with E-state index in [0.717, 1.165) is 0 Å². The minimum Gasteiger partial charge on any atom is -0.505 e. The number of phenols is 1. The van der Waals surface area contributed by atoms with E-state index < -0.39 is 23.6 Å². The number of rotatable bonds is 6. The summed E-state index contributed by atoms with van der Waals surface area (Å²) in [4.78, 5) is 22.6. The summed E-state index contributed by atoms with van der Waals surface area (Å²) in [5, 5.41) is 16.9. The van der Waals surface area contributed by atoms with E-state index in [1.165, 1.54) is 18.2 Å². The van der Waals surface area contributed by atoms with Crippen molar-refractivity contribution < 1.29 is 19.1 Å². The monoisotopic (exact) mass is 297 g/mol. The lowest BCUT2D eigenvalue weighted by Gasteiger charge is -2.15. The molecule has 0 spiro atoms. The van der Waals surface area contributed by atoms with E-state index in [9.17, 15) is 14.0 Å². The minimum absolute atomic E-state index is 0.0786. The lowest BCUT2D eigenvalue weighted by Crippen LogP contribution is -2.41. The zero-order valence-electron chi connectivity index (χ0n) is 12.1. The topological polar surface area (TPSA) is 90.5 Å². The standard InChI is InChI=1S/C14H20FN3O3/c1-3-13(20)16-6-7-17-14(21)18-9(2)10-4-5-12(19)11(15)8-10/h4-5,8-9,19H,3,6-7H2,1-2H3,(H,16,20)(H2,17,18,21)/t9-/m0/s1. The maximum atomic E-state index is 13.2. The number of aromatic hydroxyl groups is 1. The molecule has 1 rings (SSSR count). The number of phenolic OH excluding ortho intramolecular Hbond substituents is 1. The van der Waals surface area contributed by atoms with Gasteiger partial charge in [-0.05, 0) is 24.6 Å². The summed E-state index contributed by atoms with van der Waals surface area (Å²) in [7, 11) is 0. The van der Waals surface area contributed by atoms with Crippen LogP contribution in [0.25, 0.3) is 0 Å². The molecule has 1 aromatic rings. The van der Waals surface area contributed by atoms with Crippen LogP contribution in [-0.4, -0.2) is 30.1 Å². The number of carbonyl (C=O) groups is 2. The van der Waals surface area contributed by atoms with Crippen molar-refractivity contribution in [2.75, 3.05) is 13.1 Å². The highest BCUT2D eigenvalue weighted by Gasteiger charge is 2.11. The number of hydrogen-bond acceptors (Lipinski definition) is 3. The number of nitrogens with one attached hydrogen (secondary N) is 3. The zero-order valence-corrected chi connectivity index (χ0v) is 12.1. The van der Waals surface area contributed by atoms with Gasteiger partial charge in [0.15, 0.2) is 11.6 Å². The molecule has 1 aromatic carbocycles. The third-order valence-corrected chi connectivity index (χ3v) is 2.87. The normalized spacial score (nSPS) is 11.6. The predicted octanol–water partition coefficient (Wildman–Crippen LogP) is 1.42. The molecule has 116 valence electrons. The van der Waals surface area contributed by atoms with Gasteiger partial charge >= 0.3 is 6.03 Å². The number of amides is 3. The van der Waals surface area contributed by atoms with Gasteiger partial charge in [0.1, 0.15) is 0 Å². The molecular weight excluding hydrogens is 277 g/mol. The van der Waals surface area contributed by atoms with E-state index in [0.29, 0.717) is 25.1 Å². The third kappa shape index (κ3) is 5.68. The largest absolute Gasteiger partial charge is 0.505 e. The van der Waals surface area contributed by atoms with Crippen LogP contribution in [0.1, 0.15) is 31.9 Å². The molecular formula is C14H20FN3O3. The highest BCUT2D eigenvalue weighted by atomic mass is 19.1. The maximum Gasteiger partial charge on any atom is 0.315 e. The third-order valence-electron chi connectivity index (χ3n) is 2.87. The maximum absolute atomic E-state index is 13.2. The number of urea groups is 1. The van der Waals surface area contributed by atoms with E-state index in [1.54, 1.807) is 13.8 Å². The second kappa shape index (κ2) is 8.08. The molecule has 3 amide bonds. The van der Waals surface area contributed by atoms with E-state index in [1.807, 2.05) is 0 Å². The molecule has 21 heavy (non-hydrogen) atoms. The van der Waals surface area contributed by atoms with Gasteiger partial charge in [0.05, 0.1) is 6.04 Å². The summed E-state index contributed by atoms with van der Waals surface area (Å²) >= 11 is 0. The van der Waals surface area contributed by atoms with Gasteiger partial charge < -0.3 is 21.1 Å². The summed E-state index contributed by atoms with van der Waals surface area (Å²) in [6.45, 7) is 4.09. The average Bonchev–Trinajstić information content (AvgIpc) is 2.46. The van der Waals surface area contributed by atoms with Crippen LogP contribution in [0.2, 0.25) is 0 Å². The van der Waals surface area contributed by atoms with Crippen LogP contribution in [-0.2, 0) is 4.79 Å². The Labute approximate surface area is 122 Å². The molecule has 0 unspecified atom stereocenters. The fourth-order valence-corrected chi connectivity index (χ4v) is 1.63. The van der Waals surface area contributed by atoms with Crippen molar-refractivity contribution >= 4 is 11.9 Å². The van der Waals surface area contributed by atoms with Gasteiger partial charge in [0, 0.05) is 19.5 Å². The predicted molar refractivity (Wildman–Crippen MR) is 76.3 cm³/mol. The highest BCUT2D eigenvalue weighted by Crippen LogP contribution is 2.20. The summed E-state index contributed by atoms with van der Waals surface area (Å²) in [6.07, 6.45) is 0.398. The number of hydrogen-bond donors (Lipinski definition) is 4. The van der Waals surface area contributed by atoms with Gasteiger partial charge in [-0.3, -0.25) is 4.79 Å². The van der Waals surface area contributed by atoms with E-state index >= 15 is 0 Å². The Kier molecular flexibility index (Phi) is 6.45. The van der Waals surface area contributed by atoms with Crippen LogP contribution < -0.4 is 16.0 Å². The van der Waals surface area contributed by atoms with Crippen LogP contribution in [0.5, 0.6) is 5.75 Å². The van der Waals surface area contributed by atoms with Crippen molar-refractivity contribution in [2.24, 2.45) is 0 Å². The quantitative estimate of drug-likeness (QED) is 0.599. The molecule has 0 aromatic heterocycles. The van der Waals surface area contributed by atoms with Crippen molar-refractivity contribution in [3.63, 3.8) is 0 Å². The fraction of sp³-hybridized carbons (Fsp3) is 0.429. The van der Waals surface area contributed by atoms with Crippen LogP contribution >= 0.6 is 0 Å². The highest BCUT2D eigenvalue weighted by molar-refractivity contribution is 5.76. The molecule has 6 nitrogen and oxygen atoms in total. The molecule has 0 radical (unpaired) electrons. The van der Waals surface area contributed by atoms with Crippen LogP contribution in [0.15, 0.2) is 18.2 Å². The smallest absolute Gasteiger partial charge is 0.315 e. The molecule has 0 fully saturated rings. The van der Waals surface area contributed by atoms with Crippen LogP contribution in [0.4, 0.5) is 9.18 Å². The summed E-state index contributed by atoms with van der Waals surface area (Å²) in [5.74, 6) is -1.24. The molecule has 1 atom stereocenters. The number of halogens is 1. The Morgan fingerprint density at radius 3 is 2.57 bits per heavy atom. The first kappa shape index (κ1) is 16.7. The zero-order chi connectivity index (χ0) is 15.8. The molecule has 0 heterocycles. The van der Waals surface area contributed by atoms with Gasteiger partial charge in [-0.2, -0.15) is 0 Å². The van der Waals surface area contributed by atoms with Gasteiger partial charge in [-0.25, -0.2) is 9.18 Å². The Morgan fingerprint density at radius 1 is 1.29 bits per heavy atom. The van der Waals surface area contributed by atoms with Gasteiger partial charge in [0.2, 0.25) is 5.91 Å². The molecule has 0 aliphatic carbocycles. The second-order valence-corrected chi connectivity index (χ2v) is 4.54. The fourth-order valence-electron chi connectivity index (χ4n) is 1.63. The minimum atomic E-state index is -0.733. The van der Waals surface area contributed by atoms with Crippen LogP contribution in [0, 0.1) is 5.82 Å². The first-order valence-corrected chi connectivity index (χ1v) is 6.73. The molecule has 0 aliphatic rings. The lowest BCUT2D eigenvalue weighted by molar-refractivity contribution is -0.120. The van der Waals surface area contributed by atoms with E-state index in [4.69, 9.17) is 5.11 Å². The summed E-state index contributed by atoms with van der Waals surface area (Å²) < 4.78 is 13.2. The Balaban J connectivity index is 2.36. The molecule has 4 N–H and O–H groups in total. The van der Waals surface area contributed by atoms with Gasteiger partial charge in [-0.15, -0.1) is 0 Å². The Hall–Kier alpha value is -2.31. The van der Waals surface area contributed by atoms with Crippen molar-refractivity contribution in [3.8, 4) is 5.75 Å². The molecule has 0 saturated heterocycles. The van der Waals surface area contributed by atoms with Crippen LogP contribution in [0.3, 0.4) is 0 Å². The Morgan fingerprint density at radius 2 is 1.95 bits per heavy atom. The average molecular weight is 297 g/mol. The first-order chi connectivity index (χ1) is 9.93. The van der Waals surface area contributed by atoms with Gasteiger partial charge in [0.25, 0.3) is 0 Å². The van der Waals surface area contributed by atoms with Crippen molar-refractivity contribution in [1.29, 1.82) is 0 Å². The number of carbonyl (C=O) groups excluding carboxylic acids is 2. The molecule has 0 saturated carbocycles. The molecule has 0 aliphatic heterocycles. The van der Waals surface area contributed by atoms with E-state index in [-0.39, 0.29) is 5.91 Å². The number of benzene rings is 1. The molecule has 0 bridgehead atoms. The SMILES string of the molecule is CCC(=O)NCCNC(=O)N[C@@H](C)c1ccc(O)c(F)c1. The molecule has 7 heteroatoms. The second-order valence-electron chi connectivity index (χ2n) is 4.54. The lowest BCUT2D eigenvalue weighted by atomic mass is 10.1. The first-order valence-electron chi connectivity index (χ1n) is 6.73. The van der Waals surface area contributed by atoms with E-state index in [2.05, 4.69) is 16.0 Å². The summed E-state index contributed by atoms with van der Waals surface area (Å²) in [6, 6.07) is 3.11. The summed E-state index contributed by atoms with van der Waals surface area (Å²) in [5.41, 5.74) is 0.541. The van der Waals surface area contributed by atoms with Crippen molar-refractivity contribution in [2.45, 2.75) is 26.3 Å². The van der Waals surface area contributed by atoms with Crippen molar-refractivity contribution in [3.05, 3.63) is 29.6 Å². The van der Waals surface area contributed by atoms with Gasteiger partial charge in [-0.1, -0.05) is 13.0 Å². The van der Waals surface area contributed by atoms with Crippen molar-refractivity contribution in [1.82, 2.24) is 16.0 Å². The Bertz CT molecular complexity index is 508.